The van der Waals surface area contributed by atoms with Crippen molar-refractivity contribution in [2.24, 2.45) is 4.40 Å². The standard InChI is InChI=1S/C10H8ClNO3S/c11-10-5-3-9(4-6-10)2-1-7-16(14,15)12-8-13/h1-6H,7H2. The summed E-state index contributed by atoms with van der Waals surface area (Å²) in [5, 5.41) is 0.607. The van der Waals surface area contributed by atoms with Gasteiger partial charge in [-0.15, -0.1) is 0 Å². The van der Waals surface area contributed by atoms with Gasteiger partial charge in [-0.1, -0.05) is 40.3 Å². The van der Waals surface area contributed by atoms with Crippen molar-refractivity contribution in [1.82, 2.24) is 0 Å². The Bertz CT molecular complexity index is 528. The van der Waals surface area contributed by atoms with Crippen molar-refractivity contribution in [3.63, 3.8) is 0 Å². The summed E-state index contributed by atoms with van der Waals surface area (Å²) in [4.78, 5) is 9.78. The number of nitrogens with zero attached hydrogens (tertiary/aromatic N) is 1. The van der Waals surface area contributed by atoms with Gasteiger partial charge in [0.15, 0.2) is 0 Å². The van der Waals surface area contributed by atoms with Gasteiger partial charge in [0, 0.05) is 5.02 Å². The van der Waals surface area contributed by atoms with E-state index in [4.69, 9.17) is 11.6 Å². The van der Waals surface area contributed by atoms with Gasteiger partial charge in [-0.2, -0.15) is 0 Å². The third-order valence-corrected chi connectivity index (χ3v) is 2.88. The third-order valence-electron chi connectivity index (χ3n) is 1.66. The summed E-state index contributed by atoms with van der Waals surface area (Å²) in [6.07, 6.45) is 4.01. The highest BCUT2D eigenvalue weighted by atomic mass is 35.5. The van der Waals surface area contributed by atoms with E-state index in [1.807, 2.05) is 0 Å². The van der Waals surface area contributed by atoms with Crippen LogP contribution in [0, 0.1) is 0 Å². The molecule has 0 unspecified atom stereocenters. The number of hydrogen-bond donors (Lipinski definition) is 0. The summed E-state index contributed by atoms with van der Waals surface area (Å²) >= 11 is 5.68. The Morgan fingerprint density at radius 2 is 1.94 bits per heavy atom. The molecule has 0 aliphatic heterocycles. The molecule has 0 N–H and O–H groups in total. The molecule has 0 aliphatic carbocycles. The number of sulfonamides is 1. The molecule has 6 heteroatoms. The van der Waals surface area contributed by atoms with Gasteiger partial charge in [0.05, 0.1) is 5.75 Å². The van der Waals surface area contributed by atoms with Crippen molar-refractivity contribution in [2.75, 3.05) is 5.75 Å². The highest BCUT2D eigenvalue weighted by Gasteiger charge is 2.03. The lowest BCUT2D eigenvalue weighted by atomic mass is 10.2. The van der Waals surface area contributed by atoms with Crippen LogP contribution in [-0.2, 0) is 14.8 Å². The first-order valence-corrected chi connectivity index (χ1v) is 6.26. The molecule has 16 heavy (non-hydrogen) atoms. The van der Waals surface area contributed by atoms with Gasteiger partial charge in [0.25, 0.3) is 16.1 Å². The van der Waals surface area contributed by atoms with Crippen LogP contribution in [0.3, 0.4) is 0 Å². The second-order valence-corrected chi connectivity index (χ2v) is 5.00. The number of carbonyl (C=O) groups excluding carboxylic acids is 1. The molecule has 1 aromatic rings. The summed E-state index contributed by atoms with van der Waals surface area (Å²) in [5.41, 5.74) is 0.815. The van der Waals surface area contributed by atoms with E-state index in [1.54, 1.807) is 30.3 Å². The van der Waals surface area contributed by atoms with E-state index < -0.39 is 10.0 Å². The smallest absolute Gasteiger partial charge is 0.210 e. The molecule has 1 rings (SSSR count). The van der Waals surface area contributed by atoms with Crippen LogP contribution in [0.5, 0.6) is 0 Å². The number of halogens is 1. The van der Waals surface area contributed by atoms with Crippen molar-refractivity contribution in [2.45, 2.75) is 0 Å². The maximum Gasteiger partial charge on any atom is 0.267 e. The monoisotopic (exact) mass is 257 g/mol. The minimum absolute atomic E-state index is 0.329. The molecule has 1 aromatic carbocycles. The lowest BCUT2D eigenvalue weighted by molar-refractivity contribution is 0.564. The highest BCUT2D eigenvalue weighted by Crippen LogP contribution is 2.10. The molecule has 0 aromatic heterocycles. The summed E-state index contributed by atoms with van der Waals surface area (Å²) < 4.78 is 24.6. The van der Waals surface area contributed by atoms with Gasteiger partial charge in [-0.25, -0.2) is 13.2 Å². The topological polar surface area (TPSA) is 63.6 Å². The lowest BCUT2D eigenvalue weighted by Crippen LogP contribution is -1.98. The molecule has 0 saturated carbocycles. The van der Waals surface area contributed by atoms with Crippen LogP contribution in [-0.4, -0.2) is 20.3 Å². The third kappa shape index (κ3) is 4.40. The zero-order chi connectivity index (χ0) is 12.0. The molecule has 0 amide bonds. The largest absolute Gasteiger partial charge is 0.267 e. The maximum atomic E-state index is 11.0. The van der Waals surface area contributed by atoms with Gasteiger partial charge in [0.2, 0.25) is 0 Å². The second-order valence-electron chi connectivity index (χ2n) is 2.89. The van der Waals surface area contributed by atoms with Gasteiger partial charge in [-0.3, -0.25) is 0 Å². The zero-order valence-corrected chi connectivity index (χ0v) is 9.70. The molecular formula is C10H8ClNO3S. The van der Waals surface area contributed by atoms with E-state index in [1.165, 1.54) is 6.08 Å². The van der Waals surface area contributed by atoms with Crippen LogP contribution >= 0.6 is 11.6 Å². The van der Waals surface area contributed by atoms with Crippen molar-refractivity contribution >= 4 is 33.8 Å². The van der Waals surface area contributed by atoms with E-state index >= 15 is 0 Å². The summed E-state index contributed by atoms with van der Waals surface area (Å²) in [6.45, 7) is 0. The lowest BCUT2D eigenvalue weighted by Gasteiger charge is -1.93. The van der Waals surface area contributed by atoms with Crippen molar-refractivity contribution in [3.05, 3.63) is 40.9 Å². The van der Waals surface area contributed by atoms with E-state index in [0.717, 1.165) is 11.6 Å². The van der Waals surface area contributed by atoms with Crippen LogP contribution in [0.2, 0.25) is 5.02 Å². The Morgan fingerprint density at radius 1 is 1.31 bits per heavy atom. The van der Waals surface area contributed by atoms with Crippen LogP contribution in [0.4, 0.5) is 0 Å². The molecule has 0 aliphatic rings. The van der Waals surface area contributed by atoms with E-state index in [9.17, 15) is 13.2 Å². The molecular weight excluding hydrogens is 250 g/mol. The number of isocyanates is 1. The van der Waals surface area contributed by atoms with Crippen LogP contribution in [0.1, 0.15) is 5.56 Å². The molecule has 0 fully saturated rings. The Morgan fingerprint density at radius 3 is 2.50 bits per heavy atom. The van der Waals surface area contributed by atoms with Crippen LogP contribution < -0.4 is 0 Å². The van der Waals surface area contributed by atoms with Crippen molar-refractivity contribution in [1.29, 1.82) is 0 Å². The average Bonchev–Trinajstić information content (AvgIpc) is 2.20. The molecule has 0 atom stereocenters. The molecule has 0 saturated heterocycles. The number of rotatable bonds is 4. The van der Waals surface area contributed by atoms with Crippen LogP contribution in [0.15, 0.2) is 34.7 Å². The van der Waals surface area contributed by atoms with Crippen molar-refractivity contribution in [3.8, 4) is 0 Å². The highest BCUT2D eigenvalue weighted by molar-refractivity contribution is 7.90. The summed E-state index contributed by atoms with van der Waals surface area (Å²) in [7, 11) is -3.72. The van der Waals surface area contributed by atoms with Gasteiger partial charge in [-0.05, 0) is 17.7 Å². The predicted octanol–water partition coefficient (Wildman–Crippen LogP) is 2.02. The normalized spacial score (nSPS) is 11.3. The van der Waals surface area contributed by atoms with Gasteiger partial charge in [0.1, 0.15) is 0 Å². The first kappa shape index (κ1) is 12.6. The maximum absolute atomic E-state index is 11.0. The fourth-order valence-electron chi connectivity index (χ4n) is 0.974. The Hall–Kier alpha value is -1.42. The fraction of sp³-hybridized carbons (Fsp3) is 0.100. The number of hydrogen-bond acceptors (Lipinski definition) is 3. The molecule has 0 bridgehead atoms. The van der Waals surface area contributed by atoms with Gasteiger partial charge >= 0.3 is 0 Å². The fourth-order valence-corrected chi connectivity index (χ4v) is 1.63. The van der Waals surface area contributed by atoms with E-state index in [0.29, 0.717) is 5.02 Å². The van der Waals surface area contributed by atoms with E-state index in [-0.39, 0.29) is 5.75 Å². The molecule has 0 spiro atoms. The minimum Gasteiger partial charge on any atom is -0.210 e. The molecule has 84 valence electrons. The summed E-state index contributed by atoms with van der Waals surface area (Å²) in [5.74, 6) is -0.329. The second kappa shape index (κ2) is 5.61. The molecule has 0 heterocycles. The Balaban J connectivity index is 2.69. The zero-order valence-electron chi connectivity index (χ0n) is 8.13. The predicted molar refractivity (Wildman–Crippen MR) is 62.4 cm³/mol. The minimum atomic E-state index is -3.72. The first-order chi connectivity index (χ1) is 7.53. The van der Waals surface area contributed by atoms with Gasteiger partial charge < -0.3 is 0 Å². The Labute approximate surface area is 98.3 Å². The quantitative estimate of drug-likeness (QED) is 0.612. The van der Waals surface area contributed by atoms with Crippen LogP contribution in [0.25, 0.3) is 6.08 Å². The first-order valence-electron chi connectivity index (χ1n) is 4.27. The summed E-state index contributed by atoms with van der Waals surface area (Å²) in [6, 6.07) is 6.88. The SMILES string of the molecule is O=C=NS(=O)(=O)CC=Cc1ccc(Cl)cc1. The average molecular weight is 258 g/mol. The Kier molecular flexibility index (Phi) is 4.43. The van der Waals surface area contributed by atoms with Crippen molar-refractivity contribution < 1.29 is 13.2 Å². The molecule has 4 nitrogen and oxygen atoms in total. The number of benzene rings is 1. The van der Waals surface area contributed by atoms with E-state index in [2.05, 4.69) is 4.40 Å². The molecule has 0 radical (unpaired) electrons.